The van der Waals surface area contributed by atoms with Crippen LogP contribution in [0.1, 0.15) is 5.56 Å². The molecule has 0 aliphatic carbocycles. The largest absolute Gasteiger partial charge is 0.486 e. The molecule has 0 radical (unpaired) electrons. The standard InChI is InChI=1S/C9H11NO2/c1-6-7(10)2-3-8-9(6)12-5-4-11-8/h2-3H,4-5,10H2,1H3. The Morgan fingerprint density at radius 2 is 2.00 bits per heavy atom. The van der Waals surface area contributed by atoms with Crippen molar-refractivity contribution in [1.29, 1.82) is 0 Å². The minimum absolute atomic E-state index is 0.608. The quantitative estimate of drug-likeness (QED) is 0.590. The van der Waals surface area contributed by atoms with Crippen molar-refractivity contribution in [3.63, 3.8) is 0 Å². The fourth-order valence-corrected chi connectivity index (χ4v) is 1.27. The Labute approximate surface area is 71.1 Å². The second-order valence-electron chi connectivity index (χ2n) is 2.80. The average Bonchev–Trinajstić information content (AvgIpc) is 2.12. The first-order valence-electron chi connectivity index (χ1n) is 3.93. The van der Waals surface area contributed by atoms with E-state index in [1.165, 1.54) is 0 Å². The van der Waals surface area contributed by atoms with E-state index < -0.39 is 0 Å². The zero-order valence-corrected chi connectivity index (χ0v) is 6.96. The maximum absolute atomic E-state index is 5.71. The van der Waals surface area contributed by atoms with Crippen LogP contribution in [0.4, 0.5) is 5.69 Å². The van der Waals surface area contributed by atoms with Crippen LogP contribution < -0.4 is 15.2 Å². The van der Waals surface area contributed by atoms with Crippen LogP contribution in [0.25, 0.3) is 0 Å². The highest BCUT2D eigenvalue weighted by Gasteiger charge is 2.14. The third-order valence-corrected chi connectivity index (χ3v) is 2.00. The van der Waals surface area contributed by atoms with E-state index in [9.17, 15) is 0 Å². The maximum Gasteiger partial charge on any atom is 0.166 e. The van der Waals surface area contributed by atoms with Gasteiger partial charge >= 0.3 is 0 Å². The molecule has 0 atom stereocenters. The highest BCUT2D eigenvalue weighted by atomic mass is 16.6. The van der Waals surface area contributed by atoms with E-state index in [1.807, 2.05) is 19.1 Å². The lowest BCUT2D eigenvalue weighted by atomic mass is 10.1. The number of fused-ring (bicyclic) bond motifs is 1. The molecule has 0 amide bonds. The third kappa shape index (κ3) is 0.978. The van der Waals surface area contributed by atoms with Gasteiger partial charge in [-0.15, -0.1) is 0 Å². The van der Waals surface area contributed by atoms with Gasteiger partial charge in [0.15, 0.2) is 11.5 Å². The number of nitrogens with two attached hydrogens (primary N) is 1. The second-order valence-corrected chi connectivity index (χ2v) is 2.80. The van der Waals surface area contributed by atoms with Crippen molar-refractivity contribution in [3.05, 3.63) is 17.7 Å². The fraction of sp³-hybridized carbons (Fsp3) is 0.333. The molecule has 0 fully saturated rings. The molecule has 0 saturated heterocycles. The van der Waals surface area contributed by atoms with Gasteiger partial charge in [0.25, 0.3) is 0 Å². The van der Waals surface area contributed by atoms with Gasteiger partial charge in [-0.1, -0.05) is 0 Å². The Balaban J connectivity index is 2.54. The number of hydrogen-bond acceptors (Lipinski definition) is 3. The van der Waals surface area contributed by atoms with Crippen LogP contribution in [-0.2, 0) is 0 Å². The SMILES string of the molecule is Cc1c(N)ccc2c1OCCO2. The Bertz CT molecular complexity index is 310. The predicted octanol–water partition coefficient (Wildman–Crippen LogP) is 1.35. The molecule has 0 aromatic heterocycles. The van der Waals surface area contributed by atoms with E-state index in [1.54, 1.807) is 0 Å². The molecule has 1 aliphatic rings. The van der Waals surface area contributed by atoms with E-state index in [0.29, 0.717) is 13.2 Å². The van der Waals surface area contributed by atoms with Gasteiger partial charge in [-0.2, -0.15) is 0 Å². The molecule has 12 heavy (non-hydrogen) atoms. The van der Waals surface area contributed by atoms with Crippen molar-refractivity contribution >= 4 is 5.69 Å². The van der Waals surface area contributed by atoms with Crippen molar-refractivity contribution < 1.29 is 9.47 Å². The average molecular weight is 165 g/mol. The van der Waals surface area contributed by atoms with Crippen molar-refractivity contribution in [2.24, 2.45) is 0 Å². The van der Waals surface area contributed by atoms with Crippen molar-refractivity contribution in [3.8, 4) is 11.5 Å². The molecule has 3 heteroatoms. The summed E-state index contributed by atoms with van der Waals surface area (Å²) in [6.07, 6.45) is 0. The number of hydrogen-bond donors (Lipinski definition) is 1. The van der Waals surface area contributed by atoms with Gasteiger partial charge in [0.05, 0.1) is 0 Å². The highest BCUT2D eigenvalue weighted by molar-refractivity contribution is 5.60. The van der Waals surface area contributed by atoms with Crippen molar-refractivity contribution in [2.45, 2.75) is 6.92 Å². The molecule has 2 rings (SSSR count). The Kier molecular flexibility index (Phi) is 1.57. The molecule has 1 heterocycles. The summed E-state index contributed by atoms with van der Waals surface area (Å²) in [5.41, 5.74) is 7.42. The molecule has 0 spiro atoms. The number of anilines is 1. The van der Waals surface area contributed by atoms with Crippen LogP contribution in [0.3, 0.4) is 0 Å². The van der Waals surface area contributed by atoms with Gasteiger partial charge in [0.2, 0.25) is 0 Å². The van der Waals surface area contributed by atoms with Gasteiger partial charge in [0.1, 0.15) is 13.2 Å². The number of nitrogen functional groups attached to an aromatic ring is 1. The lowest BCUT2D eigenvalue weighted by molar-refractivity contribution is 0.170. The molecule has 2 N–H and O–H groups in total. The molecule has 0 saturated carbocycles. The number of rotatable bonds is 0. The molecular weight excluding hydrogens is 154 g/mol. The van der Waals surface area contributed by atoms with Crippen molar-refractivity contribution in [1.82, 2.24) is 0 Å². The van der Waals surface area contributed by atoms with Crippen LogP contribution >= 0.6 is 0 Å². The van der Waals surface area contributed by atoms with Crippen LogP contribution in [-0.4, -0.2) is 13.2 Å². The molecule has 0 unspecified atom stereocenters. The van der Waals surface area contributed by atoms with E-state index >= 15 is 0 Å². The summed E-state index contributed by atoms with van der Waals surface area (Å²) in [6, 6.07) is 3.68. The number of benzene rings is 1. The molecule has 0 bridgehead atoms. The van der Waals surface area contributed by atoms with E-state index in [2.05, 4.69) is 0 Å². The predicted molar refractivity (Wildman–Crippen MR) is 46.6 cm³/mol. The first-order chi connectivity index (χ1) is 5.79. The van der Waals surface area contributed by atoms with Crippen LogP contribution in [0.15, 0.2) is 12.1 Å². The number of ether oxygens (including phenoxy) is 2. The first kappa shape index (κ1) is 7.28. The van der Waals surface area contributed by atoms with Crippen LogP contribution in [0, 0.1) is 6.92 Å². The van der Waals surface area contributed by atoms with E-state index in [0.717, 1.165) is 22.7 Å². The summed E-state index contributed by atoms with van der Waals surface area (Å²) >= 11 is 0. The molecule has 1 aromatic carbocycles. The van der Waals surface area contributed by atoms with Gasteiger partial charge in [-0.25, -0.2) is 0 Å². The zero-order chi connectivity index (χ0) is 8.55. The molecule has 1 aliphatic heterocycles. The third-order valence-electron chi connectivity index (χ3n) is 2.00. The van der Waals surface area contributed by atoms with Gasteiger partial charge < -0.3 is 15.2 Å². The van der Waals surface area contributed by atoms with Gasteiger partial charge in [-0.05, 0) is 19.1 Å². The van der Waals surface area contributed by atoms with Gasteiger partial charge in [-0.3, -0.25) is 0 Å². The Morgan fingerprint density at radius 3 is 2.83 bits per heavy atom. The zero-order valence-electron chi connectivity index (χ0n) is 6.96. The van der Waals surface area contributed by atoms with E-state index in [-0.39, 0.29) is 0 Å². The summed E-state index contributed by atoms with van der Waals surface area (Å²) in [6.45, 7) is 3.16. The lowest BCUT2D eigenvalue weighted by Crippen LogP contribution is -2.16. The summed E-state index contributed by atoms with van der Waals surface area (Å²) < 4.78 is 10.8. The first-order valence-corrected chi connectivity index (χ1v) is 3.93. The van der Waals surface area contributed by atoms with Crippen LogP contribution in [0.2, 0.25) is 0 Å². The molecular formula is C9H11NO2. The Morgan fingerprint density at radius 1 is 1.25 bits per heavy atom. The summed E-state index contributed by atoms with van der Waals surface area (Å²) in [5, 5.41) is 0. The van der Waals surface area contributed by atoms with Crippen LogP contribution in [0.5, 0.6) is 11.5 Å². The smallest absolute Gasteiger partial charge is 0.166 e. The Hall–Kier alpha value is -1.38. The molecule has 3 nitrogen and oxygen atoms in total. The summed E-state index contributed by atoms with van der Waals surface area (Å²) in [5.74, 6) is 1.59. The highest BCUT2D eigenvalue weighted by Crippen LogP contribution is 2.36. The molecule has 64 valence electrons. The van der Waals surface area contributed by atoms with E-state index in [4.69, 9.17) is 15.2 Å². The summed E-state index contributed by atoms with van der Waals surface area (Å²) in [4.78, 5) is 0. The van der Waals surface area contributed by atoms with Crippen molar-refractivity contribution in [2.75, 3.05) is 18.9 Å². The molecule has 1 aromatic rings. The monoisotopic (exact) mass is 165 g/mol. The van der Waals surface area contributed by atoms with Gasteiger partial charge in [0, 0.05) is 11.3 Å². The normalized spacial score (nSPS) is 14.4. The second kappa shape index (κ2) is 2.59. The minimum atomic E-state index is 0.608. The topological polar surface area (TPSA) is 44.5 Å². The lowest BCUT2D eigenvalue weighted by Gasteiger charge is -2.20. The minimum Gasteiger partial charge on any atom is -0.486 e. The maximum atomic E-state index is 5.71. The summed E-state index contributed by atoms with van der Waals surface area (Å²) in [7, 11) is 0. The fourth-order valence-electron chi connectivity index (χ4n) is 1.27.